The predicted molar refractivity (Wildman–Crippen MR) is 120 cm³/mol. The number of hydrogen-bond acceptors (Lipinski definition) is 5. The molecule has 0 fully saturated rings. The maximum Gasteiger partial charge on any atom is 0.266 e. The quantitative estimate of drug-likeness (QED) is 0.497. The van der Waals surface area contributed by atoms with Crippen LogP contribution in [0.2, 0.25) is 5.02 Å². The second kappa shape index (κ2) is 8.06. The molecule has 3 aromatic carbocycles. The molecule has 1 unspecified atom stereocenters. The lowest BCUT2D eigenvalue weighted by Crippen LogP contribution is -2.28. The number of rotatable bonds is 5. The highest BCUT2D eigenvalue weighted by Crippen LogP contribution is 2.33. The van der Waals surface area contributed by atoms with Crippen LogP contribution < -0.4 is 20.3 Å². The maximum atomic E-state index is 13.4. The van der Waals surface area contributed by atoms with Crippen LogP contribution in [0.3, 0.4) is 0 Å². The average molecular weight is 434 g/mol. The fourth-order valence-electron chi connectivity index (χ4n) is 3.73. The molecule has 0 aliphatic carbocycles. The van der Waals surface area contributed by atoms with Gasteiger partial charge in [-0.25, -0.2) is 4.98 Å². The molecular formula is C24H20ClN3O3. The van der Waals surface area contributed by atoms with Gasteiger partial charge >= 0.3 is 0 Å². The Morgan fingerprint density at radius 2 is 1.90 bits per heavy atom. The third kappa shape index (κ3) is 3.76. The van der Waals surface area contributed by atoms with E-state index < -0.39 is 0 Å². The zero-order valence-corrected chi connectivity index (χ0v) is 17.6. The van der Waals surface area contributed by atoms with Crippen molar-refractivity contribution < 1.29 is 9.47 Å². The Labute approximate surface area is 184 Å². The summed E-state index contributed by atoms with van der Waals surface area (Å²) < 4.78 is 12.5. The summed E-state index contributed by atoms with van der Waals surface area (Å²) >= 11 is 6.14. The summed E-state index contributed by atoms with van der Waals surface area (Å²) in [5.41, 5.74) is 2.28. The van der Waals surface area contributed by atoms with Crippen LogP contribution in [0.5, 0.6) is 11.5 Å². The number of nitrogens with zero attached hydrogens (tertiary/aromatic N) is 2. The molecule has 2 heterocycles. The Morgan fingerprint density at radius 3 is 2.77 bits per heavy atom. The highest BCUT2D eigenvalue weighted by atomic mass is 35.5. The van der Waals surface area contributed by atoms with E-state index in [1.54, 1.807) is 10.6 Å². The van der Waals surface area contributed by atoms with Gasteiger partial charge in [0.1, 0.15) is 5.82 Å². The molecule has 6 nitrogen and oxygen atoms in total. The molecule has 4 aromatic rings. The average Bonchev–Trinajstić information content (AvgIpc) is 3.25. The molecule has 1 N–H and O–H groups in total. The van der Waals surface area contributed by atoms with Gasteiger partial charge in [0.05, 0.1) is 23.1 Å². The van der Waals surface area contributed by atoms with Gasteiger partial charge in [-0.05, 0) is 48.9 Å². The van der Waals surface area contributed by atoms with Crippen LogP contribution in [0.4, 0.5) is 0 Å². The highest BCUT2D eigenvalue weighted by Gasteiger charge is 2.18. The molecule has 1 aliphatic rings. The molecule has 1 aromatic heterocycles. The van der Waals surface area contributed by atoms with E-state index in [9.17, 15) is 4.79 Å². The Morgan fingerprint density at radius 1 is 1.06 bits per heavy atom. The summed E-state index contributed by atoms with van der Waals surface area (Å²) in [7, 11) is 0. The standard InChI is InChI=1S/C24H20ClN3O3/c1-15(16-5-4-6-17(25)11-16)26-13-23-27-20-8-3-2-7-19(20)24(29)28(23)18-9-10-21-22(12-18)31-14-30-21/h2-12,15,26H,13-14H2,1H3. The van der Waals surface area contributed by atoms with Crippen LogP contribution in [0, 0.1) is 0 Å². The fourth-order valence-corrected chi connectivity index (χ4v) is 3.92. The van der Waals surface area contributed by atoms with Crippen LogP contribution in [-0.4, -0.2) is 16.3 Å². The summed E-state index contributed by atoms with van der Waals surface area (Å²) in [6, 6.07) is 20.6. The van der Waals surface area contributed by atoms with E-state index in [0.29, 0.717) is 45.5 Å². The summed E-state index contributed by atoms with van der Waals surface area (Å²) in [4.78, 5) is 18.2. The van der Waals surface area contributed by atoms with Gasteiger partial charge in [0.25, 0.3) is 5.56 Å². The van der Waals surface area contributed by atoms with Gasteiger partial charge in [-0.15, -0.1) is 0 Å². The van der Waals surface area contributed by atoms with Crippen molar-refractivity contribution in [3.05, 3.63) is 93.5 Å². The van der Waals surface area contributed by atoms with E-state index in [1.807, 2.05) is 60.7 Å². The normalized spacial score (nSPS) is 13.5. The number of fused-ring (bicyclic) bond motifs is 2. The molecule has 31 heavy (non-hydrogen) atoms. The number of ether oxygens (including phenoxy) is 2. The lowest BCUT2D eigenvalue weighted by molar-refractivity contribution is 0.174. The van der Waals surface area contributed by atoms with Crippen LogP contribution in [0.1, 0.15) is 24.4 Å². The number of para-hydroxylation sites is 1. The minimum atomic E-state index is -0.128. The van der Waals surface area contributed by atoms with Crippen molar-refractivity contribution in [3.8, 4) is 17.2 Å². The topological polar surface area (TPSA) is 65.4 Å². The Balaban J connectivity index is 1.56. The first-order valence-electron chi connectivity index (χ1n) is 10.00. The maximum absolute atomic E-state index is 13.4. The predicted octanol–water partition coefficient (Wildman–Crippen LogP) is 4.62. The molecule has 0 saturated heterocycles. The molecule has 0 bridgehead atoms. The molecule has 1 atom stereocenters. The first kappa shape index (κ1) is 19.6. The number of hydrogen-bond donors (Lipinski definition) is 1. The second-order valence-electron chi connectivity index (χ2n) is 7.38. The van der Waals surface area contributed by atoms with Crippen LogP contribution >= 0.6 is 11.6 Å². The van der Waals surface area contributed by atoms with Crippen molar-refractivity contribution >= 4 is 22.5 Å². The lowest BCUT2D eigenvalue weighted by Gasteiger charge is -2.18. The van der Waals surface area contributed by atoms with Gasteiger partial charge in [-0.2, -0.15) is 0 Å². The smallest absolute Gasteiger partial charge is 0.266 e. The zero-order chi connectivity index (χ0) is 21.4. The van der Waals surface area contributed by atoms with Crippen LogP contribution in [-0.2, 0) is 6.54 Å². The molecule has 0 radical (unpaired) electrons. The van der Waals surface area contributed by atoms with Crippen LogP contribution in [0.25, 0.3) is 16.6 Å². The van der Waals surface area contributed by atoms with Crippen molar-refractivity contribution in [2.75, 3.05) is 6.79 Å². The van der Waals surface area contributed by atoms with Crippen molar-refractivity contribution in [1.82, 2.24) is 14.9 Å². The van der Waals surface area contributed by atoms with Gasteiger partial charge in [-0.3, -0.25) is 9.36 Å². The van der Waals surface area contributed by atoms with E-state index in [1.165, 1.54) is 0 Å². The third-order valence-corrected chi connectivity index (χ3v) is 5.61. The summed E-state index contributed by atoms with van der Waals surface area (Å²) in [6.07, 6.45) is 0. The van der Waals surface area contributed by atoms with Gasteiger partial charge in [-0.1, -0.05) is 35.9 Å². The number of halogens is 1. The van der Waals surface area contributed by atoms with E-state index >= 15 is 0 Å². The highest BCUT2D eigenvalue weighted by molar-refractivity contribution is 6.30. The molecule has 0 spiro atoms. The molecule has 0 saturated carbocycles. The van der Waals surface area contributed by atoms with Crippen LogP contribution in [0.15, 0.2) is 71.5 Å². The zero-order valence-electron chi connectivity index (χ0n) is 16.8. The molecular weight excluding hydrogens is 414 g/mol. The minimum Gasteiger partial charge on any atom is -0.454 e. The molecule has 0 amide bonds. The Hall–Kier alpha value is -3.35. The minimum absolute atomic E-state index is 0.0206. The van der Waals surface area contributed by atoms with E-state index in [-0.39, 0.29) is 18.4 Å². The third-order valence-electron chi connectivity index (χ3n) is 5.37. The van der Waals surface area contributed by atoms with E-state index in [0.717, 1.165) is 5.56 Å². The van der Waals surface area contributed by atoms with Crippen molar-refractivity contribution in [2.45, 2.75) is 19.5 Å². The number of aromatic nitrogens is 2. The van der Waals surface area contributed by atoms with Crippen molar-refractivity contribution in [1.29, 1.82) is 0 Å². The van der Waals surface area contributed by atoms with Gasteiger partial charge in [0, 0.05) is 17.1 Å². The summed E-state index contributed by atoms with van der Waals surface area (Å²) in [6.45, 7) is 2.62. The van der Waals surface area contributed by atoms with Crippen molar-refractivity contribution in [3.63, 3.8) is 0 Å². The monoisotopic (exact) mass is 433 g/mol. The number of benzene rings is 3. The summed E-state index contributed by atoms with van der Waals surface area (Å²) in [5.74, 6) is 1.89. The first-order chi connectivity index (χ1) is 15.1. The van der Waals surface area contributed by atoms with E-state index in [2.05, 4.69) is 12.2 Å². The number of nitrogens with one attached hydrogen (secondary N) is 1. The fraction of sp³-hybridized carbons (Fsp3) is 0.167. The molecule has 7 heteroatoms. The molecule has 1 aliphatic heterocycles. The van der Waals surface area contributed by atoms with Gasteiger partial charge < -0.3 is 14.8 Å². The first-order valence-corrected chi connectivity index (χ1v) is 10.4. The Kier molecular flexibility index (Phi) is 5.10. The largest absolute Gasteiger partial charge is 0.454 e. The van der Waals surface area contributed by atoms with Gasteiger partial charge in [0.2, 0.25) is 6.79 Å². The Bertz CT molecular complexity index is 1340. The SMILES string of the molecule is CC(NCc1nc2ccccc2c(=O)n1-c1ccc2c(c1)OCO2)c1cccc(Cl)c1. The van der Waals surface area contributed by atoms with E-state index in [4.69, 9.17) is 26.1 Å². The lowest BCUT2D eigenvalue weighted by atomic mass is 10.1. The van der Waals surface area contributed by atoms with Gasteiger partial charge in [0.15, 0.2) is 11.5 Å². The van der Waals surface area contributed by atoms with Crippen molar-refractivity contribution in [2.24, 2.45) is 0 Å². The molecule has 5 rings (SSSR count). The summed E-state index contributed by atoms with van der Waals surface area (Å²) in [5, 5.41) is 4.71. The molecule has 156 valence electrons. The second-order valence-corrected chi connectivity index (χ2v) is 7.82.